The van der Waals surface area contributed by atoms with E-state index in [-0.39, 0.29) is 5.92 Å². The third-order valence-corrected chi connectivity index (χ3v) is 6.73. The minimum absolute atomic E-state index is 0.325. The van der Waals surface area contributed by atoms with E-state index in [9.17, 15) is 4.79 Å². The number of carbonyl (C=O) groups is 1. The summed E-state index contributed by atoms with van der Waals surface area (Å²) in [6.45, 7) is 8.35. The number of esters is 1. The maximum atomic E-state index is 13.2. The van der Waals surface area contributed by atoms with Crippen LogP contribution in [0.4, 0.5) is 5.69 Å². The Hall–Kier alpha value is -2.96. The fourth-order valence-corrected chi connectivity index (χ4v) is 5.27. The summed E-state index contributed by atoms with van der Waals surface area (Å²) in [7, 11) is 4.02. The molecule has 0 fully saturated rings. The number of nitrogens with zero attached hydrogens (tertiary/aromatic N) is 3. The molecular formula is C27H33N3O3. The first kappa shape index (κ1) is 23.2. The van der Waals surface area contributed by atoms with E-state index in [2.05, 4.69) is 65.0 Å². The van der Waals surface area contributed by atoms with Crippen LogP contribution in [-0.2, 0) is 15.1 Å². The Balaban J connectivity index is 2.00. The van der Waals surface area contributed by atoms with E-state index >= 15 is 0 Å². The second-order valence-electron chi connectivity index (χ2n) is 8.54. The lowest BCUT2D eigenvalue weighted by Gasteiger charge is -2.51. The van der Waals surface area contributed by atoms with Crippen molar-refractivity contribution in [2.45, 2.75) is 32.1 Å². The molecule has 0 spiro atoms. The van der Waals surface area contributed by atoms with Crippen LogP contribution in [0.5, 0.6) is 0 Å². The number of cyclic esters (lactones) is 1. The highest BCUT2D eigenvalue weighted by atomic mass is 16.6. The molecule has 1 aliphatic heterocycles. The first-order chi connectivity index (χ1) is 15.9. The highest BCUT2D eigenvalue weighted by Crippen LogP contribution is 2.53. The van der Waals surface area contributed by atoms with Crippen molar-refractivity contribution in [3.05, 3.63) is 83.7 Å². The van der Waals surface area contributed by atoms with Gasteiger partial charge in [0.15, 0.2) is 17.0 Å². The fraction of sp³-hybridized carbons (Fsp3) is 0.407. The van der Waals surface area contributed by atoms with Gasteiger partial charge in [-0.2, -0.15) is 0 Å². The molecular weight excluding hydrogens is 414 g/mol. The maximum Gasteiger partial charge on any atom is 0.358 e. The number of allylic oxidation sites excluding steroid dienone is 2. The number of anilines is 1. The van der Waals surface area contributed by atoms with E-state index in [1.165, 1.54) is 0 Å². The highest BCUT2D eigenvalue weighted by molar-refractivity contribution is 5.93. The van der Waals surface area contributed by atoms with E-state index in [0.717, 1.165) is 29.9 Å². The number of aromatic nitrogens is 1. The Morgan fingerprint density at radius 2 is 1.79 bits per heavy atom. The molecule has 1 aromatic heterocycles. The van der Waals surface area contributed by atoms with Gasteiger partial charge in [0.1, 0.15) is 0 Å². The standard InChI is InChI=1S/C27H33N3O3/c1-6-30(7-2)26(32-8-3)18-10-9-13-23(26)27(20-14-16-21(17-15-20)29(4)5)22-12-11-19-28-24(22)25(31)33-27/h9-19,23H,6-8H2,1-5H3. The number of hydrogen-bond acceptors (Lipinski definition) is 6. The topological polar surface area (TPSA) is 54.9 Å². The van der Waals surface area contributed by atoms with Crippen LogP contribution in [0.25, 0.3) is 0 Å². The quantitative estimate of drug-likeness (QED) is 0.442. The second-order valence-corrected chi connectivity index (χ2v) is 8.54. The third-order valence-electron chi connectivity index (χ3n) is 6.73. The average Bonchev–Trinajstić information content (AvgIpc) is 3.14. The first-order valence-corrected chi connectivity index (χ1v) is 11.7. The Bertz CT molecular complexity index is 1060. The molecule has 0 N–H and O–H groups in total. The number of hydrogen-bond donors (Lipinski definition) is 0. The van der Waals surface area contributed by atoms with Crippen molar-refractivity contribution in [3.63, 3.8) is 0 Å². The van der Waals surface area contributed by atoms with Crippen LogP contribution in [0.2, 0.25) is 0 Å². The number of ether oxygens (including phenoxy) is 2. The molecule has 0 amide bonds. The van der Waals surface area contributed by atoms with Crippen LogP contribution in [0.1, 0.15) is 42.4 Å². The Labute approximate surface area is 196 Å². The first-order valence-electron chi connectivity index (χ1n) is 11.7. The summed E-state index contributed by atoms with van der Waals surface area (Å²) in [4.78, 5) is 21.9. The zero-order valence-corrected chi connectivity index (χ0v) is 20.1. The lowest BCUT2D eigenvalue weighted by atomic mass is 9.69. The van der Waals surface area contributed by atoms with Gasteiger partial charge in [-0.15, -0.1) is 0 Å². The Morgan fingerprint density at radius 1 is 1.06 bits per heavy atom. The van der Waals surface area contributed by atoms with Gasteiger partial charge in [-0.25, -0.2) is 9.78 Å². The van der Waals surface area contributed by atoms with Crippen LogP contribution >= 0.6 is 0 Å². The van der Waals surface area contributed by atoms with Gasteiger partial charge < -0.3 is 14.4 Å². The maximum absolute atomic E-state index is 13.2. The fourth-order valence-electron chi connectivity index (χ4n) is 5.27. The van der Waals surface area contributed by atoms with Crippen molar-refractivity contribution in [3.8, 4) is 0 Å². The predicted molar refractivity (Wildman–Crippen MR) is 130 cm³/mol. The molecule has 0 saturated heterocycles. The normalized spacial score (nSPS) is 25.9. The van der Waals surface area contributed by atoms with E-state index < -0.39 is 17.3 Å². The molecule has 3 atom stereocenters. The van der Waals surface area contributed by atoms with Gasteiger partial charge in [-0.3, -0.25) is 4.90 Å². The molecule has 6 heteroatoms. The second kappa shape index (κ2) is 9.12. The lowest BCUT2D eigenvalue weighted by molar-refractivity contribution is -0.179. The van der Waals surface area contributed by atoms with Crippen molar-refractivity contribution in [1.82, 2.24) is 9.88 Å². The minimum atomic E-state index is -1.08. The summed E-state index contributed by atoms with van der Waals surface area (Å²) in [5, 5.41) is 0. The summed E-state index contributed by atoms with van der Waals surface area (Å²) >= 11 is 0. The largest absolute Gasteiger partial charge is 0.444 e. The molecule has 33 heavy (non-hydrogen) atoms. The van der Waals surface area contributed by atoms with Crippen molar-refractivity contribution in [2.75, 3.05) is 38.7 Å². The van der Waals surface area contributed by atoms with Crippen LogP contribution in [0.3, 0.4) is 0 Å². The van der Waals surface area contributed by atoms with Crippen LogP contribution in [0.15, 0.2) is 66.9 Å². The SMILES string of the molecule is CCOC1(N(CC)CC)C=CC=CC1C1(c2ccc(N(C)C)cc2)OC(=O)c2ncccc21. The summed E-state index contributed by atoms with van der Waals surface area (Å²) < 4.78 is 12.9. The molecule has 0 saturated carbocycles. The van der Waals surface area contributed by atoms with Crippen LogP contribution in [-0.4, -0.2) is 55.4 Å². The van der Waals surface area contributed by atoms with Gasteiger partial charge in [0.25, 0.3) is 0 Å². The molecule has 174 valence electrons. The lowest BCUT2D eigenvalue weighted by Crippen LogP contribution is -2.60. The van der Waals surface area contributed by atoms with E-state index in [1.54, 1.807) is 6.20 Å². The summed E-state index contributed by atoms with van der Waals surface area (Å²) in [5.74, 6) is -0.732. The van der Waals surface area contributed by atoms with Crippen molar-refractivity contribution >= 4 is 11.7 Å². The van der Waals surface area contributed by atoms with Crippen LogP contribution in [0, 0.1) is 5.92 Å². The zero-order chi connectivity index (χ0) is 23.6. The molecule has 2 aromatic rings. The minimum Gasteiger partial charge on any atom is -0.444 e. The molecule has 1 aromatic carbocycles. The molecule has 4 rings (SSSR count). The number of fused-ring (bicyclic) bond motifs is 1. The third kappa shape index (κ3) is 3.58. The van der Waals surface area contributed by atoms with E-state index in [0.29, 0.717) is 12.3 Å². The number of benzene rings is 1. The van der Waals surface area contributed by atoms with Gasteiger partial charge in [0, 0.05) is 43.7 Å². The molecule has 6 nitrogen and oxygen atoms in total. The number of likely N-dealkylation sites (N-methyl/N-ethyl adjacent to an activating group) is 1. The summed E-state index contributed by atoms with van der Waals surface area (Å²) in [6.07, 6.45) is 9.90. The average molecular weight is 448 g/mol. The van der Waals surface area contributed by atoms with E-state index in [1.807, 2.05) is 45.3 Å². The Kier molecular flexibility index (Phi) is 6.41. The molecule has 0 bridgehead atoms. The number of carbonyl (C=O) groups excluding carboxylic acids is 1. The summed E-state index contributed by atoms with van der Waals surface area (Å²) in [6, 6.07) is 12.0. The van der Waals surface area contributed by atoms with Gasteiger partial charge in [-0.1, -0.05) is 50.3 Å². The smallest absolute Gasteiger partial charge is 0.358 e. The highest BCUT2D eigenvalue weighted by Gasteiger charge is 2.60. The molecule has 2 heterocycles. The molecule has 1 aliphatic carbocycles. The van der Waals surface area contributed by atoms with Gasteiger partial charge in [-0.05, 0) is 44.3 Å². The molecule has 3 unspecified atom stereocenters. The van der Waals surface area contributed by atoms with Gasteiger partial charge in [0.05, 0.1) is 5.92 Å². The summed E-state index contributed by atoms with van der Waals surface area (Å²) in [5.41, 5.74) is 1.24. The van der Waals surface area contributed by atoms with Gasteiger partial charge >= 0.3 is 5.97 Å². The van der Waals surface area contributed by atoms with Crippen molar-refractivity contribution < 1.29 is 14.3 Å². The van der Waals surface area contributed by atoms with Crippen LogP contribution < -0.4 is 4.90 Å². The zero-order valence-electron chi connectivity index (χ0n) is 20.1. The molecule has 0 radical (unpaired) electrons. The predicted octanol–water partition coefficient (Wildman–Crippen LogP) is 4.38. The Morgan fingerprint density at radius 3 is 2.42 bits per heavy atom. The number of rotatable bonds is 8. The van der Waals surface area contributed by atoms with E-state index in [4.69, 9.17) is 9.47 Å². The van der Waals surface area contributed by atoms with Crippen molar-refractivity contribution in [2.24, 2.45) is 5.92 Å². The number of pyridine rings is 1. The molecule has 2 aliphatic rings. The van der Waals surface area contributed by atoms with Crippen molar-refractivity contribution in [1.29, 1.82) is 0 Å². The van der Waals surface area contributed by atoms with Gasteiger partial charge in [0.2, 0.25) is 0 Å². The monoisotopic (exact) mass is 447 g/mol.